The number of sulfone groups is 1. The van der Waals surface area contributed by atoms with Gasteiger partial charge in [-0.2, -0.15) is 5.10 Å². The molecule has 1 aromatic heterocycles. The Labute approximate surface area is 206 Å². The van der Waals surface area contributed by atoms with Crippen LogP contribution in [-0.2, 0) is 21.2 Å². The highest BCUT2D eigenvalue weighted by Gasteiger charge is 2.32. The zero-order valence-corrected chi connectivity index (χ0v) is 21.4. The van der Waals surface area contributed by atoms with Crippen LogP contribution in [0.1, 0.15) is 41.0 Å². The molecule has 2 atom stereocenters. The molecule has 2 heterocycles. The monoisotopic (exact) mass is 496 g/mol. The summed E-state index contributed by atoms with van der Waals surface area (Å²) in [6, 6.07) is 16.2. The molecular formula is C26H32N4O4S. The molecule has 2 unspecified atom stereocenters. The summed E-state index contributed by atoms with van der Waals surface area (Å²) in [4.78, 5) is 15.5. The zero-order chi connectivity index (χ0) is 25.2. The first-order chi connectivity index (χ1) is 16.7. The molecule has 8 nitrogen and oxygen atoms in total. The third-order valence-corrected chi connectivity index (χ3v) is 8.33. The first-order valence-corrected chi connectivity index (χ1v) is 13.5. The minimum Gasteiger partial charge on any atom is -0.497 e. The van der Waals surface area contributed by atoms with Crippen molar-refractivity contribution in [1.29, 1.82) is 0 Å². The van der Waals surface area contributed by atoms with Crippen molar-refractivity contribution < 1.29 is 17.9 Å². The number of hydrogen-bond acceptors (Lipinski definition) is 6. The topological polar surface area (TPSA) is 93.5 Å². The maximum absolute atomic E-state index is 13.5. The number of aromatic nitrogens is 2. The molecule has 1 aliphatic heterocycles. The highest BCUT2D eigenvalue weighted by molar-refractivity contribution is 7.91. The summed E-state index contributed by atoms with van der Waals surface area (Å²) in [5, 5.41) is 7.71. The Hall–Kier alpha value is -3.17. The standard InChI is InChI=1S/C26H32N4O4S/c1-18-24(19(2)30(28-18)22-13-14-35(32,33)17-22)16-29(3)25(20-9-6-5-7-10-20)26(31)27-21-11-8-12-23(15-21)34-4/h5-12,15,22,25H,13-14,16-17H2,1-4H3,(H,27,31). The molecule has 35 heavy (non-hydrogen) atoms. The van der Waals surface area contributed by atoms with Crippen LogP contribution in [0.15, 0.2) is 54.6 Å². The van der Waals surface area contributed by atoms with Gasteiger partial charge in [0, 0.05) is 29.6 Å². The lowest BCUT2D eigenvalue weighted by Crippen LogP contribution is -2.34. The SMILES string of the molecule is COc1cccc(NC(=O)C(c2ccccc2)N(C)Cc2c(C)nn(C3CCS(=O)(=O)C3)c2C)c1. The largest absolute Gasteiger partial charge is 0.497 e. The van der Waals surface area contributed by atoms with Gasteiger partial charge in [0.1, 0.15) is 11.8 Å². The van der Waals surface area contributed by atoms with E-state index >= 15 is 0 Å². The number of carbonyl (C=O) groups excluding carboxylic acids is 1. The van der Waals surface area contributed by atoms with Gasteiger partial charge in [0.15, 0.2) is 9.84 Å². The van der Waals surface area contributed by atoms with Gasteiger partial charge < -0.3 is 10.1 Å². The lowest BCUT2D eigenvalue weighted by molar-refractivity contribution is -0.121. The fraction of sp³-hybridized carbons (Fsp3) is 0.385. The van der Waals surface area contributed by atoms with Crippen LogP contribution in [-0.4, -0.2) is 54.7 Å². The number of benzene rings is 2. The van der Waals surface area contributed by atoms with Crippen LogP contribution in [0, 0.1) is 13.8 Å². The summed E-state index contributed by atoms with van der Waals surface area (Å²) in [6.07, 6.45) is 0.579. The normalized spacial score (nSPS) is 17.9. The number of methoxy groups -OCH3 is 1. The molecule has 1 fully saturated rings. The minimum absolute atomic E-state index is 0.125. The number of nitrogens with one attached hydrogen (secondary N) is 1. The minimum atomic E-state index is -3.02. The highest BCUT2D eigenvalue weighted by Crippen LogP contribution is 2.30. The fourth-order valence-corrected chi connectivity index (χ4v) is 6.44. The van der Waals surface area contributed by atoms with E-state index < -0.39 is 15.9 Å². The summed E-state index contributed by atoms with van der Waals surface area (Å²) < 4.78 is 31.2. The van der Waals surface area contributed by atoms with Crippen LogP contribution < -0.4 is 10.1 Å². The van der Waals surface area contributed by atoms with E-state index in [9.17, 15) is 13.2 Å². The summed E-state index contributed by atoms with van der Waals surface area (Å²) in [6.45, 7) is 4.40. The predicted octanol–water partition coefficient (Wildman–Crippen LogP) is 3.68. The Morgan fingerprint density at radius 2 is 1.94 bits per heavy atom. The molecule has 0 saturated carbocycles. The van der Waals surface area contributed by atoms with Gasteiger partial charge in [-0.25, -0.2) is 8.42 Å². The van der Waals surface area contributed by atoms with Crippen molar-refractivity contribution in [3.05, 3.63) is 77.1 Å². The van der Waals surface area contributed by atoms with Crippen LogP contribution in [0.5, 0.6) is 5.75 Å². The first-order valence-electron chi connectivity index (χ1n) is 11.6. The van der Waals surface area contributed by atoms with Crippen molar-refractivity contribution >= 4 is 21.4 Å². The third kappa shape index (κ3) is 5.57. The second-order valence-electron chi connectivity index (χ2n) is 9.10. The molecular weight excluding hydrogens is 464 g/mol. The van der Waals surface area contributed by atoms with E-state index in [1.54, 1.807) is 13.2 Å². The number of anilines is 1. The Kier molecular flexibility index (Phi) is 7.28. The van der Waals surface area contributed by atoms with Crippen LogP contribution >= 0.6 is 0 Å². The summed E-state index contributed by atoms with van der Waals surface area (Å²) in [5.74, 6) is 0.836. The summed E-state index contributed by atoms with van der Waals surface area (Å²) >= 11 is 0. The van der Waals surface area contributed by atoms with Crippen molar-refractivity contribution in [2.75, 3.05) is 31.0 Å². The molecule has 9 heteroatoms. The third-order valence-electron chi connectivity index (χ3n) is 6.58. The van der Waals surface area contributed by atoms with Crippen LogP contribution in [0.25, 0.3) is 0 Å². The van der Waals surface area contributed by atoms with E-state index in [0.717, 1.165) is 22.5 Å². The highest BCUT2D eigenvalue weighted by atomic mass is 32.2. The lowest BCUT2D eigenvalue weighted by atomic mass is 10.0. The number of hydrogen-bond donors (Lipinski definition) is 1. The van der Waals surface area contributed by atoms with Gasteiger partial charge in [0.2, 0.25) is 5.91 Å². The van der Waals surface area contributed by atoms with E-state index in [0.29, 0.717) is 24.4 Å². The number of nitrogens with zero attached hydrogens (tertiary/aromatic N) is 3. The maximum atomic E-state index is 13.5. The predicted molar refractivity (Wildman–Crippen MR) is 136 cm³/mol. The first kappa shape index (κ1) is 24.9. The fourth-order valence-electron chi connectivity index (χ4n) is 4.74. The van der Waals surface area contributed by atoms with Gasteiger partial charge in [-0.05, 0) is 45.0 Å². The van der Waals surface area contributed by atoms with Gasteiger partial charge in [0.05, 0.1) is 30.4 Å². The summed E-state index contributed by atoms with van der Waals surface area (Å²) in [7, 11) is 0.491. The number of rotatable bonds is 8. The van der Waals surface area contributed by atoms with Gasteiger partial charge >= 0.3 is 0 Å². The van der Waals surface area contributed by atoms with E-state index in [1.807, 2.05) is 79.0 Å². The average Bonchev–Trinajstić information content (AvgIpc) is 3.33. The molecule has 1 N–H and O–H groups in total. The van der Waals surface area contributed by atoms with Crippen molar-refractivity contribution in [3.63, 3.8) is 0 Å². The van der Waals surface area contributed by atoms with Gasteiger partial charge in [-0.3, -0.25) is 14.4 Å². The molecule has 1 amide bonds. The van der Waals surface area contributed by atoms with Gasteiger partial charge in [-0.1, -0.05) is 36.4 Å². The van der Waals surface area contributed by atoms with E-state index in [-0.39, 0.29) is 23.5 Å². The van der Waals surface area contributed by atoms with Crippen molar-refractivity contribution in [2.45, 2.75) is 38.9 Å². The van der Waals surface area contributed by atoms with E-state index in [1.165, 1.54) is 0 Å². The van der Waals surface area contributed by atoms with Crippen LogP contribution in [0.4, 0.5) is 5.69 Å². The van der Waals surface area contributed by atoms with Gasteiger partial charge in [-0.15, -0.1) is 0 Å². The molecule has 0 spiro atoms. The number of likely N-dealkylation sites (N-methyl/N-ethyl adjacent to an activating group) is 1. The second kappa shape index (κ2) is 10.2. The molecule has 1 saturated heterocycles. The number of ether oxygens (including phenoxy) is 1. The van der Waals surface area contributed by atoms with Crippen LogP contribution in [0.2, 0.25) is 0 Å². The molecule has 186 valence electrons. The Morgan fingerprint density at radius 3 is 2.60 bits per heavy atom. The van der Waals surface area contributed by atoms with E-state index in [4.69, 9.17) is 4.74 Å². The van der Waals surface area contributed by atoms with Crippen molar-refractivity contribution in [2.24, 2.45) is 0 Å². The zero-order valence-electron chi connectivity index (χ0n) is 20.6. The average molecular weight is 497 g/mol. The van der Waals surface area contributed by atoms with Crippen molar-refractivity contribution in [3.8, 4) is 5.75 Å². The lowest BCUT2D eigenvalue weighted by Gasteiger charge is -2.28. The molecule has 4 rings (SSSR count). The molecule has 2 aromatic carbocycles. The molecule has 1 aliphatic rings. The number of carbonyl (C=O) groups is 1. The summed E-state index contributed by atoms with van der Waals surface area (Å²) in [5.41, 5.74) is 4.33. The van der Waals surface area contributed by atoms with E-state index in [2.05, 4.69) is 10.4 Å². The number of aryl methyl sites for hydroxylation is 1. The quantitative estimate of drug-likeness (QED) is 0.511. The van der Waals surface area contributed by atoms with Crippen molar-refractivity contribution in [1.82, 2.24) is 14.7 Å². The molecule has 0 bridgehead atoms. The Morgan fingerprint density at radius 1 is 1.20 bits per heavy atom. The second-order valence-corrected chi connectivity index (χ2v) is 11.3. The molecule has 0 aliphatic carbocycles. The Bertz CT molecular complexity index is 1300. The molecule has 3 aromatic rings. The molecule has 0 radical (unpaired) electrons. The van der Waals surface area contributed by atoms with Crippen LogP contribution in [0.3, 0.4) is 0 Å². The maximum Gasteiger partial charge on any atom is 0.246 e. The van der Waals surface area contributed by atoms with Gasteiger partial charge in [0.25, 0.3) is 0 Å². The smallest absolute Gasteiger partial charge is 0.246 e. The Balaban J connectivity index is 1.60. The number of amides is 1.